The normalized spacial score (nSPS) is 11.1. The number of nitro groups is 1. The van der Waals surface area contributed by atoms with Crippen molar-refractivity contribution in [1.29, 1.82) is 0 Å². The summed E-state index contributed by atoms with van der Waals surface area (Å²) in [6.07, 6.45) is 1.61. The average molecular weight is 299 g/mol. The van der Waals surface area contributed by atoms with Gasteiger partial charge in [0.05, 0.1) is 23.9 Å². The Balaban J connectivity index is 2.04. The second-order valence-electron chi connectivity index (χ2n) is 4.73. The number of hydrogen-bond acceptors (Lipinski definition) is 4. The summed E-state index contributed by atoms with van der Waals surface area (Å²) in [5.41, 5.74) is 2.55. The van der Waals surface area contributed by atoms with E-state index in [9.17, 15) is 10.1 Å². The van der Waals surface area contributed by atoms with Gasteiger partial charge in [0.15, 0.2) is 0 Å². The minimum Gasteiger partial charge on any atom is -0.497 e. The van der Waals surface area contributed by atoms with Crippen LogP contribution < -0.4 is 4.74 Å². The molecule has 2 rings (SSSR count). The number of nitrogens with zero attached hydrogens (tertiary/aromatic N) is 1. The van der Waals surface area contributed by atoms with E-state index in [2.05, 4.69) is 0 Å². The quantitative estimate of drug-likeness (QED) is 0.456. The first kappa shape index (κ1) is 15.6. The summed E-state index contributed by atoms with van der Waals surface area (Å²) < 4.78 is 10.6. The number of allylic oxidation sites excluding steroid dienone is 1. The second kappa shape index (κ2) is 7.26. The Bertz CT molecular complexity index is 677. The molecule has 0 aliphatic heterocycles. The predicted octanol–water partition coefficient (Wildman–Crippen LogP) is 4.18. The first-order chi connectivity index (χ1) is 10.6. The number of methoxy groups -OCH3 is 1. The monoisotopic (exact) mass is 299 g/mol. The van der Waals surface area contributed by atoms with Gasteiger partial charge in [0, 0.05) is 6.07 Å². The summed E-state index contributed by atoms with van der Waals surface area (Å²) in [4.78, 5) is 10.5. The highest BCUT2D eigenvalue weighted by atomic mass is 16.6. The van der Waals surface area contributed by atoms with Crippen LogP contribution in [0.3, 0.4) is 0 Å². The number of para-hydroxylation sites is 1. The molecule has 0 heterocycles. The molecule has 2 aromatic carbocycles. The van der Waals surface area contributed by atoms with Crippen molar-refractivity contribution in [2.75, 3.05) is 7.11 Å². The summed E-state index contributed by atoms with van der Waals surface area (Å²) >= 11 is 0. The molecule has 0 atom stereocenters. The summed E-state index contributed by atoms with van der Waals surface area (Å²) in [5, 5.41) is 10.9. The molecular formula is C17H17NO4. The Morgan fingerprint density at radius 2 is 1.86 bits per heavy atom. The van der Waals surface area contributed by atoms with Crippen LogP contribution in [0.5, 0.6) is 5.75 Å². The largest absolute Gasteiger partial charge is 0.497 e. The lowest BCUT2D eigenvalue weighted by molar-refractivity contribution is -0.385. The van der Waals surface area contributed by atoms with E-state index in [1.165, 1.54) is 6.07 Å². The molecular weight excluding hydrogens is 282 g/mol. The van der Waals surface area contributed by atoms with Gasteiger partial charge in [-0.3, -0.25) is 10.1 Å². The fourth-order valence-electron chi connectivity index (χ4n) is 1.99. The van der Waals surface area contributed by atoms with Gasteiger partial charge in [-0.25, -0.2) is 0 Å². The van der Waals surface area contributed by atoms with Crippen LogP contribution in [0.2, 0.25) is 0 Å². The van der Waals surface area contributed by atoms with E-state index in [1.54, 1.807) is 31.6 Å². The minimum atomic E-state index is -0.404. The molecule has 0 spiro atoms. The molecule has 0 saturated heterocycles. The van der Waals surface area contributed by atoms with Crippen molar-refractivity contribution in [3.63, 3.8) is 0 Å². The van der Waals surface area contributed by atoms with E-state index in [0.717, 1.165) is 16.9 Å². The molecule has 22 heavy (non-hydrogen) atoms. The van der Waals surface area contributed by atoms with Crippen LogP contribution in [0.1, 0.15) is 18.1 Å². The lowest BCUT2D eigenvalue weighted by atomic mass is 10.1. The van der Waals surface area contributed by atoms with E-state index in [4.69, 9.17) is 9.47 Å². The van der Waals surface area contributed by atoms with Crippen LogP contribution in [0.4, 0.5) is 5.69 Å². The van der Waals surface area contributed by atoms with Crippen molar-refractivity contribution in [3.8, 4) is 5.75 Å². The summed E-state index contributed by atoms with van der Waals surface area (Å²) in [6.45, 7) is 2.08. The zero-order valence-corrected chi connectivity index (χ0v) is 12.5. The molecule has 0 N–H and O–H groups in total. The van der Waals surface area contributed by atoms with Crippen LogP contribution in [-0.2, 0) is 11.3 Å². The highest BCUT2D eigenvalue weighted by molar-refractivity contribution is 5.63. The van der Waals surface area contributed by atoms with Gasteiger partial charge in [-0.15, -0.1) is 0 Å². The van der Waals surface area contributed by atoms with Gasteiger partial charge in [-0.2, -0.15) is 0 Å². The maximum atomic E-state index is 10.9. The highest BCUT2D eigenvalue weighted by Gasteiger charge is 2.11. The molecule has 114 valence electrons. The van der Waals surface area contributed by atoms with Crippen LogP contribution in [-0.4, -0.2) is 12.0 Å². The fraction of sp³-hybridized carbons (Fsp3) is 0.176. The van der Waals surface area contributed by atoms with Gasteiger partial charge in [0.1, 0.15) is 12.4 Å². The van der Waals surface area contributed by atoms with Crippen LogP contribution in [0.25, 0.3) is 5.57 Å². The van der Waals surface area contributed by atoms with E-state index < -0.39 is 4.92 Å². The van der Waals surface area contributed by atoms with Crippen molar-refractivity contribution in [2.24, 2.45) is 0 Å². The van der Waals surface area contributed by atoms with Crippen molar-refractivity contribution in [1.82, 2.24) is 0 Å². The zero-order chi connectivity index (χ0) is 15.9. The van der Waals surface area contributed by atoms with Gasteiger partial charge in [0.2, 0.25) is 0 Å². The lowest BCUT2D eigenvalue weighted by Crippen LogP contribution is -1.96. The first-order valence-electron chi connectivity index (χ1n) is 6.77. The average Bonchev–Trinajstić information content (AvgIpc) is 2.55. The molecule has 0 unspecified atom stereocenters. The topological polar surface area (TPSA) is 61.6 Å². The summed E-state index contributed by atoms with van der Waals surface area (Å²) in [7, 11) is 1.62. The predicted molar refractivity (Wildman–Crippen MR) is 84.5 cm³/mol. The third-order valence-electron chi connectivity index (χ3n) is 3.23. The van der Waals surface area contributed by atoms with Gasteiger partial charge in [0.25, 0.3) is 5.69 Å². The van der Waals surface area contributed by atoms with Crippen molar-refractivity contribution < 1.29 is 14.4 Å². The smallest absolute Gasteiger partial charge is 0.276 e. The fourth-order valence-corrected chi connectivity index (χ4v) is 1.99. The standard InChI is InChI=1S/C17H17NO4/c1-13(14-7-9-16(21-2)10-8-14)11-22-12-15-5-3-4-6-17(15)18(19)20/h3-11H,12H2,1-2H3/b13-11+. The van der Waals surface area contributed by atoms with E-state index >= 15 is 0 Å². The van der Waals surface area contributed by atoms with E-state index in [1.807, 2.05) is 31.2 Å². The molecule has 5 heteroatoms. The molecule has 0 fully saturated rings. The Hall–Kier alpha value is -2.82. The third kappa shape index (κ3) is 3.85. The number of ether oxygens (including phenoxy) is 2. The molecule has 2 aromatic rings. The van der Waals surface area contributed by atoms with Gasteiger partial charge >= 0.3 is 0 Å². The van der Waals surface area contributed by atoms with Gasteiger partial charge < -0.3 is 9.47 Å². The summed E-state index contributed by atoms with van der Waals surface area (Å²) in [6, 6.07) is 14.2. The van der Waals surface area contributed by atoms with Gasteiger partial charge in [-0.05, 0) is 36.3 Å². The second-order valence-corrected chi connectivity index (χ2v) is 4.73. The summed E-state index contributed by atoms with van der Waals surface area (Å²) in [5.74, 6) is 0.789. The number of hydrogen-bond donors (Lipinski definition) is 0. The molecule has 0 aliphatic rings. The van der Waals surface area contributed by atoms with Crippen LogP contribution in [0.15, 0.2) is 54.8 Å². The van der Waals surface area contributed by atoms with Crippen LogP contribution >= 0.6 is 0 Å². The first-order valence-corrected chi connectivity index (χ1v) is 6.77. The third-order valence-corrected chi connectivity index (χ3v) is 3.23. The number of nitro benzene ring substituents is 1. The van der Waals surface area contributed by atoms with Crippen molar-refractivity contribution >= 4 is 11.3 Å². The lowest BCUT2D eigenvalue weighted by Gasteiger charge is -2.06. The molecule has 0 amide bonds. The molecule has 0 bridgehead atoms. The molecule has 0 aliphatic carbocycles. The number of rotatable bonds is 6. The van der Waals surface area contributed by atoms with Gasteiger partial charge in [-0.1, -0.05) is 24.3 Å². The zero-order valence-electron chi connectivity index (χ0n) is 12.5. The Morgan fingerprint density at radius 3 is 2.50 bits per heavy atom. The maximum absolute atomic E-state index is 10.9. The van der Waals surface area contributed by atoms with E-state index in [0.29, 0.717) is 5.56 Å². The van der Waals surface area contributed by atoms with Crippen molar-refractivity contribution in [2.45, 2.75) is 13.5 Å². The molecule has 5 nitrogen and oxygen atoms in total. The maximum Gasteiger partial charge on any atom is 0.276 e. The Morgan fingerprint density at radius 1 is 1.18 bits per heavy atom. The van der Waals surface area contributed by atoms with Crippen LogP contribution in [0, 0.1) is 10.1 Å². The molecule has 0 saturated carbocycles. The SMILES string of the molecule is COc1ccc(/C(C)=C/OCc2ccccc2[N+](=O)[O-])cc1. The minimum absolute atomic E-state index is 0.0676. The molecule has 0 aromatic heterocycles. The Labute approximate surface area is 129 Å². The van der Waals surface area contributed by atoms with E-state index in [-0.39, 0.29) is 12.3 Å². The molecule has 0 radical (unpaired) electrons. The number of benzene rings is 2. The highest BCUT2D eigenvalue weighted by Crippen LogP contribution is 2.21. The van der Waals surface area contributed by atoms with Crippen molar-refractivity contribution in [3.05, 3.63) is 76.0 Å². The Kier molecular flexibility index (Phi) is 5.14.